The number of aromatic hydroxyl groups is 1. The molecule has 2 unspecified atom stereocenters. The second-order valence-electron chi connectivity index (χ2n) is 14.8. The van der Waals surface area contributed by atoms with Crippen molar-refractivity contribution in [3.8, 4) is 11.5 Å². The monoisotopic (exact) mass is 689 g/mol. The number of amides is 3. The molecule has 2 aliphatic carbocycles. The van der Waals surface area contributed by atoms with Gasteiger partial charge >= 0.3 is 6.09 Å². The Hall–Kier alpha value is -4.38. The van der Waals surface area contributed by atoms with Gasteiger partial charge in [0.25, 0.3) is 5.91 Å². The van der Waals surface area contributed by atoms with Crippen LogP contribution in [0.5, 0.6) is 11.5 Å². The van der Waals surface area contributed by atoms with E-state index in [1.165, 1.54) is 18.2 Å². The summed E-state index contributed by atoms with van der Waals surface area (Å²) in [5, 5.41) is 10.2. The van der Waals surface area contributed by atoms with E-state index in [4.69, 9.17) is 14.2 Å². The summed E-state index contributed by atoms with van der Waals surface area (Å²) in [5.74, 6) is -1.19. The number of rotatable bonds is 9. The summed E-state index contributed by atoms with van der Waals surface area (Å²) in [5.41, 5.74) is 1.68. The van der Waals surface area contributed by atoms with E-state index in [1.807, 2.05) is 62.9 Å². The summed E-state index contributed by atoms with van der Waals surface area (Å²) >= 11 is 0. The fourth-order valence-corrected chi connectivity index (χ4v) is 7.56. The minimum Gasteiger partial charge on any atom is -0.508 e. The van der Waals surface area contributed by atoms with Crippen LogP contribution in [0.15, 0.2) is 54.6 Å². The highest BCUT2D eigenvalue weighted by molar-refractivity contribution is 6.01. The summed E-state index contributed by atoms with van der Waals surface area (Å²) in [6.07, 6.45) is 8.28. The Balaban J connectivity index is 1.34. The standard InChI is InChI=1S/C39H48FN3O7/c1-24-28(8-6-9-29(24)31-21-27(44)13-14-33(31)40)30-16-18-41(38(47)50-39(2,3)4)22-32(30)37(46)43(25-10-11-25)26-12-15-35-34(20-26)42(17-7-19-48-5)36(45)23-49-35/h6,8-9,12-15,20-21,24-25,28,30,32,44H,7,10-11,16-19,22-23H2,1-5H3/t24?,28?,30-,32+/m1/s1. The Bertz CT molecular complexity index is 1680. The number of carbonyl (C=O) groups excluding carboxylic acids is 3. The van der Waals surface area contributed by atoms with E-state index in [0.29, 0.717) is 55.2 Å². The lowest BCUT2D eigenvalue weighted by Crippen LogP contribution is -2.54. The predicted octanol–water partition coefficient (Wildman–Crippen LogP) is 6.57. The molecule has 2 aromatic carbocycles. The number of likely N-dealkylation sites (tertiary alicyclic amines) is 1. The number of carbonyl (C=O) groups is 3. The number of hydrogen-bond donors (Lipinski definition) is 1. The molecule has 10 nitrogen and oxygen atoms in total. The van der Waals surface area contributed by atoms with Crippen molar-refractivity contribution in [1.29, 1.82) is 0 Å². The summed E-state index contributed by atoms with van der Waals surface area (Å²) in [7, 11) is 1.63. The van der Waals surface area contributed by atoms with Gasteiger partial charge < -0.3 is 34.0 Å². The molecule has 4 aliphatic rings. The highest BCUT2D eigenvalue weighted by Gasteiger charge is 2.47. The number of benzene rings is 2. The van der Waals surface area contributed by atoms with E-state index in [2.05, 4.69) is 6.08 Å². The maximum Gasteiger partial charge on any atom is 0.410 e. The molecule has 50 heavy (non-hydrogen) atoms. The lowest BCUT2D eigenvalue weighted by molar-refractivity contribution is -0.127. The maximum absolute atomic E-state index is 15.1. The zero-order valence-electron chi connectivity index (χ0n) is 29.6. The molecule has 4 atom stereocenters. The Kier molecular flexibility index (Phi) is 10.3. The smallest absolute Gasteiger partial charge is 0.410 e. The molecule has 11 heteroatoms. The number of piperidine rings is 1. The van der Waals surface area contributed by atoms with Crippen LogP contribution in [0.1, 0.15) is 58.9 Å². The minimum absolute atomic E-state index is 0.0172. The number of anilines is 2. The van der Waals surface area contributed by atoms with E-state index in [1.54, 1.807) is 16.9 Å². The van der Waals surface area contributed by atoms with E-state index >= 15 is 9.18 Å². The van der Waals surface area contributed by atoms with E-state index in [9.17, 15) is 14.7 Å². The molecule has 2 fully saturated rings. The van der Waals surface area contributed by atoms with Crippen molar-refractivity contribution in [1.82, 2.24) is 4.90 Å². The number of halogens is 1. The third kappa shape index (κ3) is 7.52. The maximum atomic E-state index is 15.1. The summed E-state index contributed by atoms with van der Waals surface area (Å²) < 4.78 is 31.8. The predicted molar refractivity (Wildman–Crippen MR) is 189 cm³/mol. The van der Waals surface area contributed by atoms with Crippen LogP contribution in [0.25, 0.3) is 5.57 Å². The number of methoxy groups -OCH3 is 1. The topological polar surface area (TPSA) is 109 Å². The summed E-state index contributed by atoms with van der Waals surface area (Å²) in [6.45, 7) is 9.00. The lowest BCUT2D eigenvalue weighted by atomic mass is 9.67. The summed E-state index contributed by atoms with van der Waals surface area (Å²) in [6, 6.07) is 9.58. The molecular formula is C39H48FN3O7. The van der Waals surface area contributed by atoms with Crippen LogP contribution in [0.4, 0.5) is 20.6 Å². The van der Waals surface area contributed by atoms with Crippen LogP contribution < -0.4 is 14.5 Å². The molecule has 3 amide bonds. The number of nitrogens with zero attached hydrogens (tertiary/aromatic N) is 3. The van der Waals surface area contributed by atoms with Gasteiger partial charge in [0.05, 0.1) is 11.6 Å². The van der Waals surface area contributed by atoms with Crippen molar-refractivity contribution in [3.05, 3.63) is 66.0 Å². The van der Waals surface area contributed by atoms with Crippen molar-refractivity contribution >= 4 is 34.9 Å². The van der Waals surface area contributed by atoms with Crippen LogP contribution in [0.2, 0.25) is 0 Å². The second-order valence-corrected chi connectivity index (χ2v) is 14.8. The molecule has 0 bridgehead atoms. The van der Waals surface area contributed by atoms with Gasteiger partial charge in [-0.25, -0.2) is 9.18 Å². The molecule has 6 rings (SSSR count). The van der Waals surface area contributed by atoms with Crippen LogP contribution in [0.3, 0.4) is 0 Å². The Morgan fingerprint density at radius 2 is 1.90 bits per heavy atom. The average molecular weight is 690 g/mol. The number of hydrogen-bond acceptors (Lipinski definition) is 7. The van der Waals surface area contributed by atoms with Gasteiger partial charge in [-0.15, -0.1) is 0 Å². The first-order valence-electron chi connectivity index (χ1n) is 17.6. The molecule has 0 spiro atoms. The second kappa shape index (κ2) is 14.5. The zero-order valence-corrected chi connectivity index (χ0v) is 29.6. The number of allylic oxidation sites excluding steroid dienone is 4. The SMILES string of the molecule is COCCCN1C(=O)COc2ccc(N(C(=O)[C@H]3CN(C(=O)OC(C)(C)C)CC[C@@H]3C3C=CC=C(c4cc(O)ccc4F)C3C)C3CC3)cc21. The van der Waals surface area contributed by atoms with Gasteiger partial charge in [-0.2, -0.15) is 0 Å². The molecule has 1 saturated heterocycles. The fraction of sp³-hybridized carbons (Fsp3) is 0.513. The molecular weight excluding hydrogens is 641 g/mol. The minimum atomic E-state index is -0.698. The van der Waals surface area contributed by atoms with Crippen molar-refractivity contribution in [2.24, 2.45) is 23.7 Å². The Morgan fingerprint density at radius 1 is 1.12 bits per heavy atom. The van der Waals surface area contributed by atoms with E-state index in [0.717, 1.165) is 18.4 Å². The first-order valence-corrected chi connectivity index (χ1v) is 17.6. The van der Waals surface area contributed by atoms with Crippen molar-refractivity contribution in [2.75, 3.05) is 49.8 Å². The highest BCUT2D eigenvalue weighted by Crippen LogP contribution is 2.46. The van der Waals surface area contributed by atoms with Crippen molar-refractivity contribution in [2.45, 2.75) is 65.0 Å². The number of ether oxygens (including phenoxy) is 3. The molecule has 0 radical (unpaired) electrons. The van der Waals surface area contributed by atoms with Crippen molar-refractivity contribution < 1.29 is 38.1 Å². The van der Waals surface area contributed by atoms with Gasteiger partial charge in [0.2, 0.25) is 5.91 Å². The van der Waals surface area contributed by atoms with Crippen LogP contribution >= 0.6 is 0 Å². The average Bonchev–Trinajstić information content (AvgIpc) is 3.91. The normalized spacial score (nSPS) is 23.6. The quantitative estimate of drug-likeness (QED) is 0.297. The Morgan fingerprint density at radius 3 is 2.62 bits per heavy atom. The zero-order chi connectivity index (χ0) is 35.7. The molecule has 1 saturated carbocycles. The summed E-state index contributed by atoms with van der Waals surface area (Å²) in [4.78, 5) is 46.6. The van der Waals surface area contributed by atoms with E-state index < -0.39 is 23.4 Å². The third-order valence-corrected chi connectivity index (χ3v) is 10.1. The molecule has 2 aliphatic heterocycles. The van der Waals surface area contributed by atoms with Gasteiger partial charge in [-0.3, -0.25) is 9.59 Å². The number of phenols is 1. The van der Waals surface area contributed by atoms with Crippen LogP contribution in [0, 0.1) is 29.5 Å². The third-order valence-electron chi connectivity index (χ3n) is 10.1. The molecule has 2 aromatic rings. The number of fused-ring (bicyclic) bond motifs is 1. The highest BCUT2D eigenvalue weighted by atomic mass is 19.1. The lowest BCUT2D eigenvalue weighted by Gasteiger charge is -2.45. The van der Waals surface area contributed by atoms with Gasteiger partial charge in [0, 0.05) is 50.6 Å². The molecule has 268 valence electrons. The van der Waals surface area contributed by atoms with E-state index in [-0.39, 0.29) is 54.5 Å². The van der Waals surface area contributed by atoms with Crippen LogP contribution in [-0.2, 0) is 19.1 Å². The first kappa shape index (κ1) is 35.4. The van der Waals surface area contributed by atoms with Gasteiger partial charge in [0.1, 0.15) is 22.9 Å². The van der Waals surface area contributed by atoms with Crippen molar-refractivity contribution in [3.63, 3.8) is 0 Å². The largest absolute Gasteiger partial charge is 0.508 e. The first-order chi connectivity index (χ1) is 23.9. The molecule has 2 heterocycles. The Labute approximate surface area is 293 Å². The van der Waals surface area contributed by atoms with Gasteiger partial charge in [-0.05, 0) is 106 Å². The van der Waals surface area contributed by atoms with Crippen LogP contribution in [-0.4, -0.2) is 79.5 Å². The number of phenolic OH excluding ortho intramolecular Hbond substituents is 1. The fourth-order valence-electron chi connectivity index (χ4n) is 7.56. The molecule has 1 N–H and O–H groups in total. The van der Waals surface area contributed by atoms with Gasteiger partial charge in [-0.1, -0.05) is 25.2 Å². The molecule has 0 aromatic heterocycles. The van der Waals surface area contributed by atoms with Gasteiger partial charge in [0.15, 0.2) is 6.61 Å².